The van der Waals surface area contributed by atoms with Gasteiger partial charge in [-0.1, -0.05) is 26.0 Å². The molecule has 4 heteroatoms. The first-order valence-corrected chi connectivity index (χ1v) is 6.65. The molecule has 1 rings (SSSR count). The maximum Gasteiger partial charge on any atom is 0.256 e. The van der Waals surface area contributed by atoms with E-state index in [2.05, 4.69) is 19.2 Å². The number of amides is 1. The van der Waals surface area contributed by atoms with Crippen LogP contribution in [0.25, 0.3) is 0 Å². The Balaban J connectivity index is 2.90. The summed E-state index contributed by atoms with van der Waals surface area (Å²) in [5, 5.41) is 3.06. The molecule has 0 heterocycles. The van der Waals surface area contributed by atoms with Gasteiger partial charge in [-0.2, -0.15) is 0 Å². The van der Waals surface area contributed by atoms with Gasteiger partial charge >= 0.3 is 0 Å². The highest BCUT2D eigenvalue weighted by molar-refractivity contribution is 5.99. The number of carbonyl (C=O) groups is 1. The van der Waals surface area contributed by atoms with E-state index in [0.29, 0.717) is 24.6 Å². The minimum atomic E-state index is 0.0516. The number of ether oxygens (including phenoxy) is 1. The lowest BCUT2D eigenvalue weighted by Gasteiger charge is -2.25. The number of hydrogen-bond acceptors (Lipinski definition) is 3. The molecule has 0 unspecified atom stereocenters. The molecular formula is C15H24N2O2. The molecule has 0 bridgehead atoms. The second-order valence-electron chi connectivity index (χ2n) is 4.93. The third-order valence-corrected chi connectivity index (χ3v) is 2.86. The Morgan fingerprint density at radius 3 is 2.63 bits per heavy atom. The van der Waals surface area contributed by atoms with Crippen LogP contribution in [0.1, 0.15) is 24.2 Å². The highest BCUT2D eigenvalue weighted by Crippen LogP contribution is 2.17. The van der Waals surface area contributed by atoms with Crippen molar-refractivity contribution in [2.75, 3.05) is 39.2 Å². The summed E-state index contributed by atoms with van der Waals surface area (Å²) in [4.78, 5) is 14.4. The van der Waals surface area contributed by atoms with Gasteiger partial charge in [0, 0.05) is 32.9 Å². The van der Waals surface area contributed by atoms with Crippen LogP contribution in [-0.4, -0.2) is 44.7 Å². The molecule has 0 spiro atoms. The summed E-state index contributed by atoms with van der Waals surface area (Å²) in [5.41, 5.74) is 1.57. The number of hydrogen-bond donors (Lipinski definition) is 1. The summed E-state index contributed by atoms with van der Waals surface area (Å²) in [6.45, 7) is 6.13. The van der Waals surface area contributed by atoms with E-state index < -0.39 is 0 Å². The van der Waals surface area contributed by atoms with Crippen molar-refractivity contribution in [2.45, 2.75) is 13.8 Å². The van der Waals surface area contributed by atoms with Crippen molar-refractivity contribution in [1.29, 1.82) is 0 Å². The second kappa shape index (κ2) is 7.79. The Kier molecular flexibility index (Phi) is 6.36. The largest absolute Gasteiger partial charge is 0.387 e. The van der Waals surface area contributed by atoms with E-state index in [0.717, 1.165) is 12.2 Å². The molecule has 106 valence electrons. The number of rotatable bonds is 7. The SMILES string of the molecule is CNc1ccccc1C(=O)N(CCOC)CC(C)C. The fourth-order valence-electron chi connectivity index (χ4n) is 1.98. The number of nitrogens with zero attached hydrogens (tertiary/aromatic N) is 1. The minimum Gasteiger partial charge on any atom is -0.387 e. The molecule has 0 aromatic heterocycles. The van der Waals surface area contributed by atoms with Gasteiger partial charge < -0.3 is 15.0 Å². The predicted octanol–water partition coefficient (Wildman–Crippen LogP) is 2.47. The van der Waals surface area contributed by atoms with Gasteiger partial charge in [0.05, 0.1) is 12.2 Å². The minimum absolute atomic E-state index is 0.0516. The molecule has 0 aliphatic carbocycles. The van der Waals surface area contributed by atoms with E-state index in [1.165, 1.54) is 0 Å². The zero-order valence-corrected chi connectivity index (χ0v) is 12.3. The highest BCUT2D eigenvalue weighted by atomic mass is 16.5. The van der Waals surface area contributed by atoms with Crippen molar-refractivity contribution in [2.24, 2.45) is 5.92 Å². The Bertz CT molecular complexity index is 405. The van der Waals surface area contributed by atoms with E-state index in [1.54, 1.807) is 7.11 Å². The molecule has 0 radical (unpaired) electrons. The summed E-state index contributed by atoms with van der Waals surface area (Å²) >= 11 is 0. The molecular weight excluding hydrogens is 240 g/mol. The number of benzene rings is 1. The normalized spacial score (nSPS) is 10.6. The fraction of sp³-hybridized carbons (Fsp3) is 0.533. The zero-order chi connectivity index (χ0) is 14.3. The number of para-hydroxylation sites is 1. The number of anilines is 1. The first kappa shape index (κ1) is 15.5. The molecule has 1 aromatic rings. The standard InChI is InChI=1S/C15H24N2O2/c1-12(2)11-17(9-10-19-4)15(18)13-7-5-6-8-14(13)16-3/h5-8,12,16H,9-11H2,1-4H3. The third kappa shape index (κ3) is 4.56. The van der Waals surface area contributed by atoms with Crippen LogP contribution in [0.4, 0.5) is 5.69 Å². The predicted molar refractivity (Wildman–Crippen MR) is 78.6 cm³/mol. The lowest BCUT2D eigenvalue weighted by molar-refractivity contribution is 0.0673. The Morgan fingerprint density at radius 2 is 2.05 bits per heavy atom. The molecule has 0 atom stereocenters. The number of methoxy groups -OCH3 is 1. The molecule has 1 aromatic carbocycles. The lowest BCUT2D eigenvalue weighted by atomic mass is 10.1. The van der Waals surface area contributed by atoms with E-state index in [-0.39, 0.29) is 5.91 Å². The Labute approximate surface area is 115 Å². The van der Waals surface area contributed by atoms with Crippen molar-refractivity contribution < 1.29 is 9.53 Å². The summed E-state index contributed by atoms with van der Waals surface area (Å²) < 4.78 is 5.09. The van der Waals surface area contributed by atoms with Crippen LogP contribution >= 0.6 is 0 Å². The van der Waals surface area contributed by atoms with Crippen LogP contribution in [0.3, 0.4) is 0 Å². The van der Waals surface area contributed by atoms with Gasteiger partial charge in [-0.05, 0) is 18.1 Å². The van der Waals surface area contributed by atoms with Crippen LogP contribution in [0, 0.1) is 5.92 Å². The molecule has 19 heavy (non-hydrogen) atoms. The van der Waals surface area contributed by atoms with Crippen molar-refractivity contribution in [1.82, 2.24) is 4.90 Å². The van der Waals surface area contributed by atoms with Gasteiger partial charge in [0.25, 0.3) is 5.91 Å². The van der Waals surface area contributed by atoms with Crippen LogP contribution < -0.4 is 5.32 Å². The van der Waals surface area contributed by atoms with Crippen molar-refractivity contribution in [3.63, 3.8) is 0 Å². The van der Waals surface area contributed by atoms with E-state index >= 15 is 0 Å². The number of carbonyl (C=O) groups excluding carboxylic acids is 1. The zero-order valence-electron chi connectivity index (χ0n) is 12.3. The molecule has 1 N–H and O–H groups in total. The lowest BCUT2D eigenvalue weighted by Crippen LogP contribution is -2.37. The molecule has 4 nitrogen and oxygen atoms in total. The topological polar surface area (TPSA) is 41.6 Å². The third-order valence-electron chi connectivity index (χ3n) is 2.86. The van der Waals surface area contributed by atoms with Crippen molar-refractivity contribution in [3.8, 4) is 0 Å². The molecule has 0 saturated heterocycles. The van der Waals surface area contributed by atoms with Crippen LogP contribution in [-0.2, 0) is 4.74 Å². The van der Waals surface area contributed by atoms with Crippen molar-refractivity contribution in [3.05, 3.63) is 29.8 Å². The molecule has 1 amide bonds. The van der Waals surface area contributed by atoms with Crippen LogP contribution in [0.5, 0.6) is 0 Å². The van der Waals surface area contributed by atoms with Gasteiger partial charge in [-0.25, -0.2) is 0 Å². The van der Waals surface area contributed by atoms with E-state index in [4.69, 9.17) is 4.74 Å². The summed E-state index contributed by atoms with van der Waals surface area (Å²) in [7, 11) is 3.48. The highest BCUT2D eigenvalue weighted by Gasteiger charge is 2.18. The molecule has 0 aliphatic heterocycles. The average molecular weight is 264 g/mol. The van der Waals surface area contributed by atoms with Gasteiger partial charge in [0.15, 0.2) is 0 Å². The monoisotopic (exact) mass is 264 g/mol. The smallest absolute Gasteiger partial charge is 0.256 e. The van der Waals surface area contributed by atoms with E-state index in [1.807, 2.05) is 36.2 Å². The quantitative estimate of drug-likeness (QED) is 0.822. The molecule has 0 fully saturated rings. The second-order valence-corrected chi connectivity index (χ2v) is 4.93. The van der Waals surface area contributed by atoms with Gasteiger partial charge in [0.1, 0.15) is 0 Å². The van der Waals surface area contributed by atoms with E-state index in [9.17, 15) is 4.79 Å². The summed E-state index contributed by atoms with van der Waals surface area (Å²) in [6, 6.07) is 7.58. The Hall–Kier alpha value is -1.55. The Morgan fingerprint density at radius 1 is 1.37 bits per heavy atom. The van der Waals surface area contributed by atoms with Gasteiger partial charge in [-0.15, -0.1) is 0 Å². The molecule has 0 saturated carbocycles. The maximum absolute atomic E-state index is 12.6. The summed E-state index contributed by atoms with van der Waals surface area (Å²) in [5.74, 6) is 0.484. The first-order valence-electron chi connectivity index (χ1n) is 6.65. The van der Waals surface area contributed by atoms with Gasteiger partial charge in [-0.3, -0.25) is 4.79 Å². The summed E-state index contributed by atoms with van der Waals surface area (Å²) in [6.07, 6.45) is 0. The maximum atomic E-state index is 12.6. The van der Waals surface area contributed by atoms with Crippen LogP contribution in [0.15, 0.2) is 24.3 Å². The van der Waals surface area contributed by atoms with Crippen LogP contribution in [0.2, 0.25) is 0 Å². The fourth-order valence-corrected chi connectivity index (χ4v) is 1.98. The number of nitrogens with one attached hydrogen (secondary N) is 1. The molecule has 0 aliphatic rings. The first-order chi connectivity index (χ1) is 9.10. The van der Waals surface area contributed by atoms with Gasteiger partial charge in [0.2, 0.25) is 0 Å². The van der Waals surface area contributed by atoms with Crippen molar-refractivity contribution >= 4 is 11.6 Å². The average Bonchev–Trinajstić information content (AvgIpc) is 2.42.